The number of methoxy groups -OCH3 is 2. The number of nitrogens with one attached hydrogen (secondary N) is 2. The van der Waals surface area contributed by atoms with Gasteiger partial charge in [0.1, 0.15) is 23.1 Å². The number of hydrogen-bond donors (Lipinski definition) is 3. The van der Waals surface area contributed by atoms with Crippen molar-refractivity contribution in [3.63, 3.8) is 0 Å². The van der Waals surface area contributed by atoms with Crippen molar-refractivity contribution in [3.8, 4) is 11.5 Å². The van der Waals surface area contributed by atoms with Crippen LogP contribution in [0.3, 0.4) is 0 Å². The predicted molar refractivity (Wildman–Crippen MR) is 154 cm³/mol. The number of carboxylic acid groups (broad SMARTS) is 1. The zero-order valence-corrected chi connectivity index (χ0v) is 22.7. The molecule has 40 heavy (non-hydrogen) atoms. The van der Waals surface area contributed by atoms with Gasteiger partial charge in [0.2, 0.25) is 5.91 Å². The lowest BCUT2D eigenvalue weighted by molar-refractivity contribution is -0.139. The first-order valence-electron chi connectivity index (χ1n) is 13.1. The lowest BCUT2D eigenvalue weighted by Gasteiger charge is -2.37. The fourth-order valence-electron chi connectivity index (χ4n) is 4.87. The first kappa shape index (κ1) is 28.4. The van der Waals surface area contributed by atoms with E-state index in [1.807, 2.05) is 97.1 Å². The number of benzene rings is 4. The minimum Gasteiger partial charge on any atom is -0.497 e. The van der Waals surface area contributed by atoms with E-state index >= 15 is 0 Å². The molecule has 7 heteroatoms. The standard InChI is InChI=1S/C33H34N2O5/c1-39-28-19-18-24(30(22-28)40-2)23-34-29(32(37)38)20-21-31(36)35-33(25-12-6-3-7-13-25,26-14-8-4-9-15-26)27-16-10-5-11-17-27/h3-19,22,29,34H,20-21,23H2,1-2H3,(H,35,36)(H,37,38)/t29-/m0/s1. The average molecular weight is 539 g/mol. The maximum atomic E-state index is 13.6. The topological polar surface area (TPSA) is 96.9 Å². The molecule has 0 saturated heterocycles. The van der Waals surface area contributed by atoms with Gasteiger partial charge >= 0.3 is 5.97 Å². The fraction of sp³-hybridized carbons (Fsp3) is 0.212. The largest absolute Gasteiger partial charge is 0.497 e. The van der Waals surface area contributed by atoms with Crippen molar-refractivity contribution in [1.29, 1.82) is 0 Å². The van der Waals surface area contributed by atoms with Gasteiger partial charge in [-0.15, -0.1) is 0 Å². The van der Waals surface area contributed by atoms with Crippen LogP contribution in [0.2, 0.25) is 0 Å². The van der Waals surface area contributed by atoms with E-state index in [4.69, 9.17) is 9.47 Å². The molecule has 0 fully saturated rings. The fourth-order valence-corrected chi connectivity index (χ4v) is 4.87. The molecule has 4 aromatic carbocycles. The first-order valence-corrected chi connectivity index (χ1v) is 13.1. The summed E-state index contributed by atoms with van der Waals surface area (Å²) in [6.45, 7) is 0.258. The Morgan fingerprint density at radius 1 is 0.775 bits per heavy atom. The summed E-state index contributed by atoms with van der Waals surface area (Å²) in [5.41, 5.74) is 2.54. The Balaban J connectivity index is 1.56. The van der Waals surface area contributed by atoms with Gasteiger partial charge < -0.3 is 25.2 Å². The van der Waals surface area contributed by atoms with E-state index in [9.17, 15) is 14.7 Å². The van der Waals surface area contributed by atoms with Crippen LogP contribution in [0.5, 0.6) is 11.5 Å². The maximum absolute atomic E-state index is 13.6. The van der Waals surface area contributed by atoms with Gasteiger partial charge in [-0.2, -0.15) is 0 Å². The zero-order chi connectivity index (χ0) is 28.4. The summed E-state index contributed by atoms with van der Waals surface area (Å²) in [6, 6.07) is 33.8. The van der Waals surface area contributed by atoms with Gasteiger partial charge in [0.15, 0.2) is 0 Å². The van der Waals surface area contributed by atoms with Crippen LogP contribution < -0.4 is 20.1 Å². The Morgan fingerprint density at radius 3 is 1.75 bits per heavy atom. The monoisotopic (exact) mass is 538 g/mol. The lowest BCUT2D eigenvalue weighted by atomic mass is 9.77. The van der Waals surface area contributed by atoms with Gasteiger partial charge in [0, 0.05) is 24.6 Å². The first-order chi connectivity index (χ1) is 19.5. The molecule has 0 radical (unpaired) electrons. The molecular weight excluding hydrogens is 504 g/mol. The molecule has 7 nitrogen and oxygen atoms in total. The van der Waals surface area contributed by atoms with Gasteiger partial charge in [-0.1, -0.05) is 97.1 Å². The Hall–Kier alpha value is -4.62. The molecule has 0 aromatic heterocycles. The van der Waals surface area contributed by atoms with Crippen molar-refractivity contribution in [3.05, 3.63) is 131 Å². The van der Waals surface area contributed by atoms with Crippen molar-refractivity contribution in [2.75, 3.05) is 14.2 Å². The second kappa shape index (κ2) is 13.4. The van der Waals surface area contributed by atoms with Crippen LogP contribution in [0, 0.1) is 0 Å². The summed E-state index contributed by atoms with van der Waals surface area (Å²) >= 11 is 0. The molecule has 0 unspecified atom stereocenters. The van der Waals surface area contributed by atoms with Crippen molar-refractivity contribution < 1.29 is 24.2 Å². The highest BCUT2D eigenvalue weighted by Crippen LogP contribution is 2.37. The van der Waals surface area contributed by atoms with Crippen molar-refractivity contribution >= 4 is 11.9 Å². The molecular formula is C33H34N2O5. The van der Waals surface area contributed by atoms with Crippen LogP contribution >= 0.6 is 0 Å². The molecule has 0 aliphatic heterocycles. The smallest absolute Gasteiger partial charge is 0.320 e. The summed E-state index contributed by atoms with van der Waals surface area (Å²) in [4.78, 5) is 25.7. The van der Waals surface area contributed by atoms with Gasteiger partial charge in [-0.25, -0.2) is 0 Å². The van der Waals surface area contributed by atoms with Crippen LogP contribution in [-0.4, -0.2) is 37.2 Å². The molecule has 4 rings (SSSR count). The summed E-state index contributed by atoms with van der Waals surface area (Å²) in [5.74, 6) is -0.0507. The highest BCUT2D eigenvalue weighted by atomic mass is 16.5. The quantitative estimate of drug-likeness (QED) is 0.204. The zero-order valence-electron chi connectivity index (χ0n) is 22.7. The van der Waals surface area contributed by atoms with E-state index in [1.165, 1.54) is 0 Å². The maximum Gasteiger partial charge on any atom is 0.320 e. The molecule has 0 saturated carbocycles. The third-order valence-electron chi connectivity index (χ3n) is 6.94. The molecule has 0 aliphatic carbocycles. The summed E-state index contributed by atoms with van der Waals surface area (Å²) in [5, 5.41) is 16.2. The van der Waals surface area contributed by atoms with Gasteiger partial charge in [0.25, 0.3) is 0 Å². The van der Waals surface area contributed by atoms with E-state index < -0.39 is 17.6 Å². The lowest BCUT2D eigenvalue weighted by Crippen LogP contribution is -2.48. The Morgan fingerprint density at radius 2 is 1.30 bits per heavy atom. The number of ether oxygens (including phenoxy) is 2. The Labute approximate surface area is 234 Å². The van der Waals surface area contributed by atoms with E-state index in [2.05, 4.69) is 10.6 Å². The number of rotatable bonds is 13. The molecule has 1 atom stereocenters. The molecule has 4 aromatic rings. The van der Waals surface area contributed by atoms with E-state index in [0.717, 1.165) is 22.3 Å². The summed E-state index contributed by atoms with van der Waals surface area (Å²) in [6.07, 6.45) is 0.117. The Kier molecular flexibility index (Phi) is 9.54. The highest BCUT2D eigenvalue weighted by molar-refractivity contribution is 5.80. The molecule has 206 valence electrons. The minimum atomic E-state index is -1.03. The molecule has 0 bridgehead atoms. The highest BCUT2D eigenvalue weighted by Gasteiger charge is 2.37. The van der Waals surface area contributed by atoms with Gasteiger partial charge in [-0.3, -0.25) is 9.59 Å². The van der Waals surface area contributed by atoms with E-state index in [-0.39, 0.29) is 25.3 Å². The number of aliphatic carboxylic acids is 1. The predicted octanol–water partition coefficient (Wildman–Crippen LogP) is 5.14. The van der Waals surface area contributed by atoms with E-state index in [1.54, 1.807) is 26.4 Å². The molecule has 3 N–H and O–H groups in total. The minimum absolute atomic E-state index is 0.0119. The molecule has 0 spiro atoms. The van der Waals surface area contributed by atoms with Crippen molar-refractivity contribution in [1.82, 2.24) is 10.6 Å². The molecule has 1 amide bonds. The number of amides is 1. The Bertz CT molecular complexity index is 1300. The van der Waals surface area contributed by atoms with Crippen LogP contribution in [-0.2, 0) is 21.7 Å². The van der Waals surface area contributed by atoms with Gasteiger partial charge in [0.05, 0.1) is 14.2 Å². The van der Waals surface area contributed by atoms with Crippen LogP contribution in [0.1, 0.15) is 35.1 Å². The number of hydrogen-bond acceptors (Lipinski definition) is 5. The third kappa shape index (κ3) is 6.50. The molecule has 0 aliphatic rings. The normalized spacial score (nSPS) is 11.8. The number of carbonyl (C=O) groups excluding carboxylic acids is 1. The van der Waals surface area contributed by atoms with Crippen molar-refractivity contribution in [2.24, 2.45) is 0 Å². The number of carboxylic acids is 1. The van der Waals surface area contributed by atoms with Crippen LogP contribution in [0.4, 0.5) is 0 Å². The van der Waals surface area contributed by atoms with Crippen LogP contribution in [0.15, 0.2) is 109 Å². The third-order valence-corrected chi connectivity index (χ3v) is 6.94. The van der Waals surface area contributed by atoms with Crippen molar-refractivity contribution in [2.45, 2.75) is 31.0 Å². The SMILES string of the molecule is COc1ccc(CN[C@@H](CCC(=O)NC(c2ccccc2)(c2ccccc2)c2ccccc2)C(=O)O)c(OC)c1. The van der Waals surface area contributed by atoms with Gasteiger partial charge in [-0.05, 0) is 29.2 Å². The van der Waals surface area contributed by atoms with E-state index in [0.29, 0.717) is 11.5 Å². The second-order valence-corrected chi connectivity index (χ2v) is 9.38. The van der Waals surface area contributed by atoms with Crippen LogP contribution in [0.25, 0.3) is 0 Å². The summed E-state index contributed by atoms with van der Waals surface area (Å²) < 4.78 is 10.7. The number of carbonyl (C=O) groups is 2. The average Bonchev–Trinajstić information content (AvgIpc) is 3.01. The molecule has 0 heterocycles. The second-order valence-electron chi connectivity index (χ2n) is 9.38. The summed E-state index contributed by atoms with van der Waals surface area (Å²) in [7, 11) is 3.12.